The van der Waals surface area contributed by atoms with Gasteiger partial charge < -0.3 is 18.9 Å². The average molecular weight is 459 g/mol. The Balaban J connectivity index is 1.58. The molecule has 2 bridgehead atoms. The molecule has 0 N–H and O–H groups in total. The van der Waals surface area contributed by atoms with E-state index in [1.54, 1.807) is 12.0 Å². The van der Waals surface area contributed by atoms with E-state index in [0.717, 1.165) is 35.7 Å². The molecule has 174 valence electrons. The first-order valence-corrected chi connectivity index (χ1v) is 10.6. The molecule has 6 nitrogen and oxygen atoms in total. The maximum absolute atomic E-state index is 13.2. The number of aliphatic imine (C=N–C) groups is 1. The summed E-state index contributed by atoms with van der Waals surface area (Å²) in [6, 6.07) is 9.39. The number of carbonyl (C=O) groups excluding carboxylic acids is 1. The quantitative estimate of drug-likeness (QED) is 0.673. The minimum atomic E-state index is -4.74. The molecule has 2 aliphatic rings. The van der Waals surface area contributed by atoms with Crippen LogP contribution in [0.4, 0.5) is 13.2 Å². The van der Waals surface area contributed by atoms with Crippen molar-refractivity contribution in [3.8, 4) is 5.75 Å². The fourth-order valence-corrected chi connectivity index (χ4v) is 3.93. The van der Waals surface area contributed by atoms with E-state index in [9.17, 15) is 18.0 Å². The smallest absolute Gasteiger partial charge is 0.501 e. The lowest BCUT2D eigenvalue weighted by molar-refractivity contribution is -0.274. The van der Waals surface area contributed by atoms with Crippen molar-refractivity contribution in [2.45, 2.75) is 32.2 Å². The summed E-state index contributed by atoms with van der Waals surface area (Å²) in [5.41, 5.74) is 3.39. The molecule has 1 aromatic carbocycles. The number of fused-ring (bicyclic) bond motifs is 3. The van der Waals surface area contributed by atoms with E-state index in [4.69, 9.17) is 4.74 Å². The Morgan fingerprint density at radius 2 is 1.88 bits per heavy atom. The highest BCUT2D eigenvalue weighted by atomic mass is 19.4. The van der Waals surface area contributed by atoms with Gasteiger partial charge in [0.25, 0.3) is 0 Å². The first-order valence-electron chi connectivity index (χ1n) is 10.6. The second kappa shape index (κ2) is 9.56. The minimum absolute atomic E-state index is 0.0752. The molecule has 2 aromatic rings. The number of nitrogens with zero attached hydrogens (tertiary/aromatic N) is 3. The third kappa shape index (κ3) is 5.85. The lowest BCUT2D eigenvalue weighted by Gasteiger charge is -2.23. The normalized spacial score (nSPS) is 17.2. The Morgan fingerprint density at radius 1 is 1.09 bits per heavy atom. The topological polar surface area (TPSA) is 56.1 Å². The summed E-state index contributed by atoms with van der Waals surface area (Å²) in [4.78, 5) is 19.5. The van der Waals surface area contributed by atoms with Crippen LogP contribution in [-0.2, 0) is 22.5 Å². The monoisotopic (exact) mass is 459 g/mol. The summed E-state index contributed by atoms with van der Waals surface area (Å²) in [5, 5.41) is 0. The van der Waals surface area contributed by atoms with Crippen molar-refractivity contribution in [3.63, 3.8) is 0 Å². The van der Waals surface area contributed by atoms with Gasteiger partial charge in [-0.1, -0.05) is 12.1 Å². The molecule has 0 saturated heterocycles. The number of amides is 1. The number of rotatable bonds is 4. The summed E-state index contributed by atoms with van der Waals surface area (Å²) in [6.45, 7) is 1.03. The molecule has 0 unspecified atom stereocenters. The summed E-state index contributed by atoms with van der Waals surface area (Å²) in [5.74, 6) is 0.476. The van der Waals surface area contributed by atoms with Crippen LogP contribution in [0.2, 0.25) is 0 Å². The van der Waals surface area contributed by atoms with Crippen LogP contribution < -0.4 is 4.74 Å². The van der Waals surface area contributed by atoms with Crippen LogP contribution in [0.3, 0.4) is 0 Å². The third-order valence-electron chi connectivity index (χ3n) is 5.54. The number of carbonyl (C=O) groups is 1. The maximum Gasteiger partial charge on any atom is 0.573 e. The number of aromatic nitrogens is 1. The number of halogens is 3. The first-order chi connectivity index (χ1) is 15.8. The molecule has 0 spiro atoms. The van der Waals surface area contributed by atoms with Crippen molar-refractivity contribution in [1.82, 2.24) is 9.47 Å². The van der Waals surface area contributed by atoms with Crippen LogP contribution in [0.25, 0.3) is 5.70 Å². The van der Waals surface area contributed by atoms with Crippen molar-refractivity contribution in [2.75, 3.05) is 20.2 Å². The Kier molecular flexibility index (Phi) is 6.57. The molecule has 1 amide bonds. The van der Waals surface area contributed by atoms with Crippen molar-refractivity contribution >= 4 is 17.3 Å². The SMILES string of the molecule is COC1=CC2=NCCN(Cc3ccc(OC(F)(F)F)cc3)C(=O)Cc3cccn3C(=C2)CC1. The Bertz CT molecular complexity index is 1100. The zero-order valence-electron chi connectivity index (χ0n) is 18.1. The number of hydrogen-bond acceptors (Lipinski definition) is 4. The molecule has 9 heteroatoms. The second-order valence-electron chi connectivity index (χ2n) is 7.81. The fourth-order valence-electron chi connectivity index (χ4n) is 3.93. The number of hydrogen-bond donors (Lipinski definition) is 0. The van der Waals surface area contributed by atoms with E-state index in [0.29, 0.717) is 18.7 Å². The van der Waals surface area contributed by atoms with Crippen LogP contribution >= 0.6 is 0 Å². The van der Waals surface area contributed by atoms with Crippen LogP contribution in [0.15, 0.2) is 65.5 Å². The zero-order chi connectivity index (χ0) is 23.4. The highest BCUT2D eigenvalue weighted by Crippen LogP contribution is 2.25. The summed E-state index contributed by atoms with van der Waals surface area (Å²) < 4.78 is 48.6. The largest absolute Gasteiger partial charge is 0.573 e. The van der Waals surface area contributed by atoms with Gasteiger partial charge in [-0.25, -0.2) is 0 Å². The van der Waals surface area contributed by atoms with Crippen LogP contribution in [-0.4, -0.2) is 47.6 Å². The Morgan fingerprint density at radius 3 is 2.61 bits per heavy atom. The second-order valence-corrected chi connectivity index (χ2v) is 7.81. The zero-order valence-corrected chi connectivity index (χ0v) is 18.1. The van der Waals surface area contributed by atoms with E-state index < -0.39 is 6.36 Å². The van der Waals surface area contributed by atoms with E-state index in [1.807, 2.05) is 35.0 Å². The molecular weight excluding hydrogens is 435 g/mol. The first kappa shape index (κ1) is 22.7. The van der Waals surface area contributed by atoms with Gasteiger partial charge >= 0.3 is 6.36 Å². The molecular formula is C24H24F3N3O3. The van der Waals surface area contributed by atoms with E-state index in [1.165, 1.54) is 24.3 Å². The standard InChI is InChI=1S/C24H24F3N3O3/c1-32-22-9-6-20-13-18(14-22)28-10-12-29(23(31)15-19-3-2-11-30(19)20)16-17-4-7-21(8-5-17)33-24(25,26)27/h2-5,7-8,11,13-14H,6,9-10,12,15-16H2,1H3. The predicted octanol–water partition coefficient (Wildman–Crippen LogP) is 4.58. The highest BCUT2D eigenvalue weighted by Gasteiger charge is 2.31. The molecule has 2 heterocycles. The average Bonchev–Trinajstić information content (AvgIpc) is 3.11. The lowest BCUT2D eigenvalue weighted by atomic mass is 10.1. The number of benzene rings is 1. The lowest BCUT2D eigenvalue weighted by Crippen LogP contribution is -2.34. The van der Waals surface area contributed by atoms with Gasteiger partial charge in [0.05, 0.1) is 31.5 Å². The summed E-state index contributed by atoms with van der Waals surface area (Å²) in [6.07, 6.45) is 2.84. The molecule has 0 radical (unpaired) electrons. The number of allylic oxidation sites excluding steroid dienone is 4. The molecule has 1 aliphatic heterocycles. The maximum atomic E-state index is 13.2. The molecule has 0 saturated carbocycles. The molecule has 33 heavy (non-hydrogen) atoms. The van der Waals surface area contributed by atoms with Crippen molar-refractivity contribution in [1.29, 1.82) is 0 Å². The van der Waals surface area contributed by atoms with Gasteiger partial charge in [0.1, 0.15) is 5.75 Å². The van der Waals surface area contributed by atoms with Crippen molar-refractivity contribution in [2.24, 2.45) is 4.99 Å². The van der Waals surface area contributed by atoms with Gasteiger partial charge in [0, 0.05) is 43.2 Å². The van der Waals surface area contributed by atoms with Gasteiger partial charge in [0.2, 0.25) is 5.91 Å². The van der Waals surface area contributed by atoms with E-state index >= 15 is 0 Å². The van der Waals surface area contributed by atoms with Gasteiger partial charge in [0.15, 0.2) is 0 Å². The summed E-state index contributed by atoms with van der Waals surface area (Å²) in [7, 11) is 1.64. The predicted molar refractivity (Wildman–Crippen MR) is 118 cm³/mol. The van der Waals surface area contributed by atoms with Crippen LogP contribution in [0, 0.1) is 0 Å². The summed E-state index contributed by atoms with van der Waals surface area (Å²) >= 11 is 0. The molecule has 4 rings (SSSR count). The highest BCUT2D eigenvalue weighted by molar-refractivity contribution is 6.07. The number of ether oxygens (including phenoxy) is 2. The van der Waals surface area contributed by atoms with Crippen LogP contribution in [0.1, 0.15) is 24.1 Å². The molecule has 1 aromatic heterocycles. The Labute approximate surface area is 189 Å². The molecule has 1 aliphatic carbocycles. The van der Waals surface area contributed by atoms with Crippen molar-refractivity contribution in [3.05, 3.63) is 71.8 Å². The Hall–Kier alpha value is -3.49. The van der Waals surface area contributed by atoms with E-state index in [2.05, 4.69) is 9.73 Å². The van der Waals surface area contributed by atoms with Gasteiger partial charge in [-0.3, -0.25) is 9.79 Å². The van der Waals surface area contributed by atoms with Gasteiger partial charge in [-0.05, 0) is 42.3 Å². The van der Waals surface area contributed by atoms with Gasteiger partial charge in [-0.15, -0.1) is 13.2 Å². The molecule has 0 fully saturated rings. The number of alkyl halides is 3. The van der Waals surface area contributed by atoms with Gasteiger partial charge in [-0.2, -0.15) is 0 Å². The van der Waals surface area contributed by atoms with Crippen molar-refractivity contribution < 1.29 is 27.4 Å². The number of methoxy groups -OCH3 is 1. The van der Waals surface area contributed by atoms with E-state index in [-0.39, 0.29) is 24.6 Å². The van der Waals surface area contributed by atoms with Crippen LogP contribution in [0.5, 0.6) is 5.75 Å². The fraction of sp³-hybridized carbons (Fsp3) is 0.333. The molecule has 0 atom stereocenters. The minimum Gasteiger partial charge on any atom is -0.501 e. The third-order valence-corrected chi connectivity index (χ3v) is 5.54.